The molecule has 7 nitrogen and oxygen atoms in total. The number of hydrogen-bond donors (Lipinski definition) is 2. The Morgan fingerprint density at radius 2 is 1.35 bits per heavy atom. The average molecular weight is 663 g/mol. The van der Waals surface area contributed by atoms with Crippen molar-refractivity contribution in [3.05, 3.63) is 161 Å². The number of nitrogens with one attached hydrogen (secondary N) is 1. The van der Waals surface area contributed by atoms with Crippen molar-refractivity contribution < 1.29 is 23.0 Å². The Hall–Kier alpha value is -4.15. The number of aliphatic hydroxyl groups is 1. The minimum atomic E-state index is -3.62. The molecule has 2 N–H and O–H groups in total. The van der Waals surface area contributed by atoms with Crippen LogP contribution in [0.25, 0.3) is 11.1 Å². The van der Waals surface area contributed by atoms with Crippen molar-refractivity contribution in [3.63, 3.8) is 0 Å². The fourth-order valence-electron chi connectivity index (χ4n) is 6.18. The lowest BCUT2D eigenvalue weighted by molar-refractivity contribution is -0.276. The predicted molar refractivity (Wildman–Crippen MR) is 188 cm³/mol. The van der Waals surface area contributed by atoms with Crippen LogP contribution in [0.3, 0.4) is 0 Å². The van der Waals surface area contributed by atoms with Gasteiger partial charge in [0.2, 0.25) is 10.0 Å². The van der Waals surface area contributed by atoms with E-state index < -0.39 is 16.3 Å². The molecule has 1 fully saturated rings. The monoisotopic (exact) mass is 662 g/mol. The van der Waals surface area contributed by atoms with Gasteiger partial charge in [-0.1, -0.05) is 116 Å². The summed E-state index contributed by atoms with van der Waals surface area (Å²) in [5.41, 5.74) is 6.85. The minimum absolute atomic E-state index is 0.00705. The van der Waals surface area contributed by atoms with Crippen LogP contribution in [0.2, 0.25) is 0 Å². The SMILES string of the molecule is C[C@@H]1[C@H](CN(C)Cc2ccccc2)O[C@H](c2cccc(-c3cccc(CNS(=O)(=O)c4ccccc4)c3)c2)O[C@@H]1c1ccc(CO)cc1. The smallest absolute Gasteiger partial charge is 0.240 e. The van der Waals surface area contributed by atoms with Gasteiger partial charge in [0, 0.05) is 31.1 Å². The molecule has 0 radical (unpaired) electrons. The van der Waals surface area contributed by atoms with Gasteiger partial charge in [0.25, 0.3) is 0 Å². The van der Waals surface area contributed by atoms with E-state index in [1.165, 1.54) is 5.56 Å². The third-order valence-electron chi connectivity index (χ3n) is 8.85. The van der Waals surface area contributed by atoms with Gasteiger partial charge in [0.15, 0.2) is 6.29 Å². The third-order valence-corrected chi connectivity index (χ3v) is 10.3. The van der Waals surface area contributed by atoms with E-state index in [-0.39, 0.29) is 36.2 Å². The molecule has 1 aliphatic rings. The topological polar surface area (TPSA) is 88.1 Å². The van der Waals surface area contributed by atoms with E-state index in [0.29, 0.717) is 0 Å². The zero-order valence-electron chi connectivity index (χ0n) is 27.3. The maximum atomic E-state index is 12.8. The van der Waals surface area contributed by atoms with Crippen molar-refractivity contribution in [2.45, 2.75) is 50.0 Å². The molecule has 0 unspecified atom stereocenters. The van der Waals surface area contributed by atoms with Gasteiger partial charge in [-0.3, -0.25) is 4.90 Å². The maximum absolute atomic E-state index is 12.8. The molecule has 8 heteroatoms. The molecule has 48 heavy (non-hydrogen) atoms. The van der Waals surface area contributed by atoms with Gasteiger partial charge >= 0.3 is 0 Å². The first-order chi connectivity index (χ1) is 23.3. The van der Waals surface area contributed by atoms with E-state index in [0.717, 1.165) is 46.5 Å². The molecule has 248 valence electrons. The Morgan fingerprint density at radius 1 is 0.708 bits per heavy atom. The molecule has 0 bridgehead atoms. The summed E-state index contributed by atoms with van der Waals surface area (Å²) < 4.78 is 41.8. The van der Waals surface area contributed by atoms with Crippen molar-refractivity contribution in [1.82, 2.24) is 9.62 Å². The highest BCUT2D eigenvalue weighted by molar-refractivity contribution is 7.89. The van der Waals surface area contributed by atoms with Crippen molar-refractivity contribution in [1.29, 1.82) is 0 Å². The van der Waals surface area contributed by atoms with E-state index in [2.05, 4.69) is 53.9 Å². The zero-order chi connectivity index (χ0) is 33.5. The average Bonchev–Trinajstić information content (AvgIpc) is 3.12. The lowest BCUT2D eigenvalue weighted by atomic mass is 9.90. The van der Waals surface area contributed by atoms with Gasteiger partial charge < -0.3 is 14.6 Å². The molecular formula is C40H42N2O5S. The van der Waals surface area contributed by atoms with Crippen LogP contribution in [0.4, 0.5) is 0 Å². The van der Waals surface area contributed by atoms with Gasteiger partial charge in [-0.25, -0.2) is 13.1 Å². The van der Waals surface area contributed by atoms with Gasteiger partial charge in [-0.05, 0) is 64.7 Å². The van der Waals surface area contributed by atoms with Crippen LogP contribution in [0.5, 0.6) is 0 Å². The Morgan fingerprint density at radius 3 is 2.06 bits per heavy atom. The highest BCUT2D eigenvalue weighted by atomic mass is 32.2. The number of ether oxygens (including phenoxy) is 2. The Labute approximate surface area is 283 Å². The summed E-state index contributed by atoms with van der Waals surface area (Å²) in [5, 5.41) is 9.61. The molecule has 0 saturated carbocycles. The van der Waals surface area contributed by atoms with E-state index in [1.54, 1.807) is 30.3 Å². The number of benzene rings is 5. The molecule has 0 aromatic heterocycles. The lowest BCUT2D eigenvalue weighted by Gasteiger charge is -2.42. The molecule has 4 atom stereocenters. The highest BCUT2D eigenvalue weighted by Gasteiger charge is 2.39. The normalized spacial score (nSPS) is 19.8. The summed E-state index contributed by atoms with van der Waals surface area (Å²) in [5.74, 6) is 0.0685. The fourth-order valence-corrected chi connectivity index (χ4v) is 7.22. The molecule has 0 aliphatic carbocycles. The van der Waals surface area contributed by atoms with Gasteiger partial charge in [-0.2, -0.15) is 0 Å². The van der Waals surface area contributed by atoms with Gasteiger partial charge in [0.1, 0.15) is 0 Å². The van der Waals surface area contributed by atoms with Crippen LogP contribution in [-0.2, 0) is 39.2 Å². The van der Waals surface area contributed by atoms with E-state index in [9.17, 15) is 13.5 Å². The highest BCUT2D eigenvalue weighted by Crippen LogP contribution is 2.42. The molecule has 1 heterocycles. The summed E-state index contributed by atoms with van der Waals surface area (Å²) >= 11 is 0. The van der Waals surface area contributed by atoms with Crippen molar-refractivity contribution in [2.24, 2.45) is 5.92 Å². The summed E-state index contributed by atoms with van der Waals surface area (Å²) in [6, 6.07) is 42.8. The Balaban J connectivity index is 1.23. The second-order valence-corrected chi connectivity index (χ2v) is 14.2. The standard InChI is InChI=1S/C40H42N2O5S/c1-29-38(27-42(2)26-30-11-5-3-6-12-30)46-40(47-39(29)33-21-19-31(28-43)20-22-33)36-16-10-15-35(24-36)34-14-9-13-32(23-34)25-41-48(44,45)37-17-7-4-8-18-37/h3-24,29,38-41,43H,25-28H2,1-2H3/t29-,38+,39+,40+/m1/s1. The van der Waals surface area contributed by atoms with Crippen molar-refractivity contribution in [3.8, 4) is 11.1 Å². The second kappa shape index (κ2) is 15.4. The quantitative estimate of drug-likeness (QED) is 0.146. The van der Waals surface area contributed by atoms with Crippen LogP contribution >= 0.6 is 0 Å². The first-order valence-corrected chi connectivity index (χ1v) is 17.7. The minimum Gasteiger partial charge on any atom is -0.392 e. The number of hydrogen-bond acceptors (Lipinski definition) is 6. The second-order valence-electron chi connectivity index (χ2n) is 12.5. The summed E-state index contributed by atoms with van der Waals surface area (Å²) in [6.07, 6.45) is -0.916. The zero-order valence-corrected chi connectivity index (χ0v) is 28.1. The molecule has 5 aromatic rings. The molecule has 1 saturated heterocycles. The van der Waals surface area contributed by atoms with Crippen LogP contribution in [0.1, 0.15) is 47.1 Å². The van der Waals surface area contributed by atoms with E-state index in [4.69, 9.17) is 9.47 Å². The largest absolute Gasteiger partial charge is 0.392 e. The number of nitrogens with zero attached hydrogens (tertiary/aromatic N) is 1. The molecule has 6 rings (SSSR count). The molecule has 1 aliphatic heterocycles. The number of sulfonamides is 1. The number of aliphatic hydroxyl groups excluding tert-OH is 1. The van der Waals surface area contributed by atoms with Crippen LogP contribution < -0.4 is 4.72 Å². The predicted octanol–water partition coefficient (Wildman–Crippen LogP) is 7.25. The molecular weight excluding hydrogens is 621 g/mol. The lowest BCUT2D eigenvalue weighted by Crippen LogP contribution is -2.43. The van der Waals surface area contributed by atoms with Gasteiger partial charge in [0.05, 0.1) is 23.7 Å². The first-order valence-electron chi connectivity index (χ1n) is 16.3. The van der Waals surface area contributed by atoms with Crippen LogP contribution in [-0.4, -0.2) is 38.1 Å². The summed E-state index contributed by atoms with van der Waals surface area (Å²) in [4.78, 5) is 2.53. The van der Waals surface area contributed by atoms with Crippen molar-refractivity contribution in [2.75, 3.05) is 13.6 Å². The number of likely N-dealkylation sites (N-methyl/N-ethyl adjacent to an activating group) is 1. The molecule has 0 amide bonds. The third kappa shape index (κ3) is 8.28. The molecule has 5 aromatic carbocycles. The molecule has 0 spiro atoms. The fraction of sp³-hybridized carbons (Fsp3) is 0.250. The Kier molecular flexibility index (Phi) is 10.8. The van der Waals surface area contributed by atoms with Crippen molar-refractivity contribution >= 4 is 10.0 Å². The van der Waals surface area contributed by atoms with E-state index >= 15 is 0 Å². The van der Waals surface area contributed by atoms with Gasteiger partial charge in [-0.15, -0.1) is 0 Å². The van der Waals surface area contributed by atoms with E-state index in [1.807, 2.05) is 72.8 Å². The summed E-state index contributed by atoms with van der Waals surface area (Å²) in [7, 11) is -1.51. The van der Waals surface area contributed by atoms with Crippen LogP contribution in [0, 0.1) is 5.92 Å². The van der Waals surface area contributed by atoms with Crippen LogP contribution in [0.15, 0.2) is 138 Å². The number of rotatable bonds is 12. The maximum Gasteiger partial charge on any atom is 0.240 e. The first kappa shape index (κ1) is 33.7. The Bertz CT molecular complexity index is 1880. The summed E-state index contributed by atoms with van der Waals surface area (Å²) in [6.45, 7) is 3.87.